The number of ether oxygens (including phenoxy) is 1. The van der Waals surface area contributed by atoms with Gasteiger partial charge in [-0.25, -0.2) is 14.8 Å². The molecule has 2 aromatic heterocycles. The predicted molar refractivity (Wildman–Crippen MR) is 136 cm³/mol. The maximum absolute atomic E-state index is 12.0. The van der Waals surface area contributed by atoms with Crippen LogP contribution in [-0.4, -0.2) is 33.9 Å². The number of nitrogens with one attached hydrogen (secondary N) is 3. The standard InChI is InChI=1S/C27H23N5O3/c1-16(33)28-19-9-6-10-20(15-19)29-25-24-21-12-11-18(27(34)35-2)14-22(21)30-26(24)32-23(31-25)13-17-7-4-3-5-8-17/h3-12,14-15H,13H2,1-2H3,(H,28,33)(H2,29,30,31,32). The maximum Gasteiger partial charge on any atom is 0.337 e. The molecule has 174 valence electrons. The fourth-order valence-electron chi connectivity index (χ4n) is 4.05. The molecule has 0 atom stereocenters. The molecule has 3 N–H and O–H groups in total. The highest BCUT2D eigenvalue weighted by Gasteiger charge is 2.16. The molecule has 1 amide bonds. The Balaban J connectivity index is 1.63. The van der Waals surface area contributed by atoms with Crippen molar-refractivity contribution in [1.29, 1.82) is 0 Å². The van der Waals surface area contributed by atoms with Crippen molar-refractivity contribution in [2.24, 2.45) is 0 Å². The lowest BCUT2D eigenvalue weighted by Crippen LogP contribution is -2.06. The van der Waals surface area contributed by atoms with E-state index >= 15 is 0 Å². The van der Waals surface area contributed by atoms with Gasteiger partial charge in [0.05, 0.1) is 18.1 Å². The first-order valence-electron chi connectivity index (χ1n) is 11.1. The molecule has 0 bridgehead atoms. The van der Waals surface area contributed by atoms with Crippen LogP contribution < -0.4 is 10.6 Å². The van der Waals surface area contributed by atoms with E-state index in [9.17, 15) is 9.59 Å². The highest BCUT2D eigenvalue weighted by molar-refractivity contribution is 6.13. The number of fused-ring (bicyclic) bond motifs is 3. The fourth-order valence-corrected chi connectivity index (χ4v) is 4.05. The summed E-state index contributed by atoms with van der Waals surface area (Å²) in [7, 11) is 1.36. The van der Waals surface area contributed by atoms with Crippen molar-refractivity contribution >= 4 is 51.0 Å². The van der Waals surface area contributed by atoms with Crippen molar-refractivity contribution < 1.29 is 14.3 Å². The zero-order valence-corrected chi connectivity index (χ0v) is 19.3. The van der Waals surface area contributed by atoms with Crippen LogP contribution in [0.4, 0.5) is 17.2 Å². The molecule has 0 unspecified atom stereocenters. The fraction of sp³-hybridized carbons (Fsp3) is 0.111. The summed E-state index contributed by atoms with van der Waals surface area (Å²) >= 11 is 0. The zero-order chi connectivity index (χ0) is 24.4. The summed E-state index contributed by atoms with van der Waals surface area (Å²) in [6.45, 7) is 1.47. The smallest absolute Gasteiger partial charge is 0.337 e. The van der Waals surface area contributed by atoms with E-state index < -0.39 is 5.97 Å². The maximum atomic E-state index is 12.0. The summed E-state index contributed by atoms with van der Waals surface area (Å²) in [6, 6.07) is 22.8. The molecule has 3 aromatic carbocycles. The molecule has 0 aliphatic rings. The molecule has 0 fully saturated rings. The lowest BCUT2D eigenvalue weighted by Gasteiger charge is -2.11. The molecule has 5 rings (SSSR count). The van der Waals surface area contributed by atoms with Gasteiger partial charge in [-0.15, -0.1) is 0 Å². The number of hydrogen-bond donors (Lipinski definition) is 3. The van der Waals surface area contributed by atoms with E-state index in [2.05, 4.69) is 15.6 Å². The molecule has 5 aromatic rings. The Morgan fingerprint density at radius 1 is 0.943 bits per heavy atom. The van der Waals surface area contributed by atoms with Crippen LogP contribution in [0.3, 0.4) is 0 Å². The third-order valence-electron chi connectivity index (χ3n) is 5.57. The number of esters is 1. The molecule has 8 heteroatoms. The minimum Gasteiger partial charge on any atom is -0.465 e. The quantitative estimate of drug-likeness (QED) is 0.298. The van der Waals surface area contributed by atoms with Crippen LogP contribution >= 0.6 is 0 Å². The largest absolute Gasteiger partial charge is 0.465 e. The van der Waals surface area contributed by atoms with Crippen LogP contribution in [0.5, 0.6) is 0 Å². The Hall–Kier alpha value is -4.72. The monoisotopic (exact) mass is 465 g/mol. The number of anilines is 3. The van der Waals surface area contributed by atoms with Gasteiger partial charge in [-0.1, -0.05) is 42.5 Å². The molecule has 0 aliphatic carbocycles. The minimum absolute atomic E-state index is 0.144. The van der Waals surface area contributed by atoms with Gasteiger partial charge in [0, 0.05) is 35.6 Å². The lowest BCUT2D eigenvalue weighted by molar-refractivity contribution is -0.114. The number of carbonyl (C=O) groups is 2. The third kappa shape index (κ3) is 4.67. The van der Waals surface area contributed by atoms with Gasteiger partial charge >= 0.3 is 5.97 Å². The SMILES string of the molecule is COC(=O)c1ccc2c(c1)[nH]c1nc(Cc3ccccc3)nc(Nc3cccc(NC(C)=O)c3)c12. The minimum atomic E-state index is -0.408. The van der Waals surface area contributed by atoms with Crippen molar-refractivity contribution in [2.45, 2.75) is 13.3 Å². The predicted octanol–water partition coefficient (Wildman–Crippen LogP) is 5.19. The second-order valence-electron chi connectivity index (χ2n) is 8.14. The summed E-state index contributed by atoms with van der Waals surface area (Å²) < 4.78 is 4.86. The van der Waals surface area contributed by atoms with Crippen LogP contribution in [0.25, 0.3) is 21.9 Å². The van der Waals surface area contributed by atoms with E-state index in [0.29, 0.717) is 35.0 Å². The van der Waals surface area contributed by atoms with Gasteiger partial charge in [0.1, 0.15) is 17.3 Å². The molecular formula is C27H23N5O3. The number of hydrogen-bond acceptors (Lipinski definition) is 6. The van der Waals surface area contributed by atoms with Crippen LogP contribution in [-0.2, 0) is 16.0 Å². The molecule has 8 nitrogen and oxygen atoms in total. The van der Waals surface area contributed by atoms with Crippen molar-refractivity contribution in [3.8, 4) is 0 Å². The Kier molecular flexibility index (Phi) is 5.85. The van der Waals surface area contributed by atoms with Crippen molar-refractivity contribution in [2.75, 3.05) is 17.7 Å². The first-order chi connectivity index (χ1) is 17.0. The molecule has 0 radical (unpaired) electrons. The van der Waals surface area contributed by atoms with Crippen LogP contribution in [0.2, 0.25) is 0 Å². The van der Waals surface area contributed by atoms with Gasteiger partial charge in [-0.2, -0.15) is 0 Å². The number of H-pyrrole nitrogens is 1. The highest BCUT2D eigenvalue weighted by Crippen LogP contribution is 2.33. The second-order valence-corrected chi connectivity index (χ2v) is 8.14. The molecule has 0 spiro atoms. The van der Waals surface area contributed by atoms with E-state index in [1.54, 1.807) is 12.1 Å². The van der Waals surface area contributed by atoms with E-state index in [4.69, 9.17) is 14.7 Å². The Morgan fingerprint density at radius 3 is 2.51 bits per heavy atom. The summed E-state index contributed by atoms with van der Waals surface area (Å²) in [5.41, 5.74) is 4.39. The van der Waals surface area contributed by atoms with Gasteiger partial charge < -0.3 is 20.4 Å². The van der Waals surface area contributed by atoms with E-state index in [0.717, 1.165) is 27.5 Å². The summed E-state index contributed by atoms with van der Waals surface area (Å²) in [6.07, 6.45) is 0.556. The molecule has 0 saturated heterocycles. The number of amides is 1. The Labute approximate surface area is 201 Å². The normalized spacial score (nSPS) is 10.9. The topological polar surface area (TPSA) is 109 Å². The lowest BCUT2D eigenvalue weighted by atomic mass is 10.1. The van der Waals surface area contributed by atoms with Crippen LogP contribution in [0.15, 0.2) is 72.8 Å². The number of benzene rings is 3. The summed E-state index contributed by atoms with van der Waals surface area (Å²) in [5.74, 6) is 0.714. The highest BCUT2D eigenvalue weighted by atomic mass is 16.5. The average molecular weight is 466 g/mol. The van der Waals surface area contributed by atoms with Gasteiger partial charge in [0.2, 0.25) is 5.91 Å². The van der Waals surface area contributed by atoms with E-state index in [-0.39, 0.29) is 5.91 Å². The van der Waals surface area contributed by atoms with Gasteiger partial charge in [0.25, 0.3) is 0 Å². The number of carbonyl (C=O) groups excluding carboxylic acids is 2. The molecule has 0 aliphatic heterocycles. The molecule has 35 heavy (non-hydrogen) atoms. The van der Waals surface area contributed by atoms with E-state index in [1.807, 2.05) is 60.7 Å². The number of rotatable bonds is 6. The molecule has 0 saturated carbocycles. The summed E-state index contributed by atoms with van der Waals surface area (Å²) in [4.78, 5) is 36.5. The average Bonchev–Trinajstić information content (AvgIpc) is 3.21. The van der Waals surface area contributed by atoms with Crippen molar-refractivity contribution in [1.82, 2.24) is 15.0 Å². The number of nitrogens with zero attached hydrogens (tertiary/aromatic N) is 2. The van der Waals surface area contributed by atoms with Crippen LogP contribution in [0, 0.1) is 0 Å². The van der Waals surface area contributed by atoms with Gasteiger partial charge in [-0.3, -0.25) is 4.79 Å². The third-order valence-corrected chi connectivity index (χ3v) is 5.57. The molecule has 2 heterocycles. The Bertz CT molecular complexity index is 1560. The number of aromatic amines is 1. The van der Waals surface area contributed by atoms with Crippen LogP contribution in [0.1, 0.15) is 28.7 Å². The molecular weight excluding hydrogens is 442 g/mol. The van der Waals surface area contributed by atoms with Crippen molar-refractivity contribution in [3.05, 3.63) is 89.7 Å². The second kappa shape index (κ2) is 9.26. The van der Waals surface area contributed by atoms with Gasteiger partial charge in [-0.05, 0) is 35.9 Å². The number of methoxy groups -OCH3 is 1. The zero-order valence-electron chi connectivity index (χ0n) is 19.3. The van der Waals surface area contributed by atoms with Gasteiger partial charge in [0.15, 0.2) is 0 Å². The first kappa shape index (κ1) is 22.1. The first-order valence-corrected chi connectivity index (χ1v) is 11.1. The van der Waals surface area contributed by atoms with Crippen molar-refractivity contribution in [3.63, 3.8) is 0 Å². The Morgan fingerprint density at radius 2 is 1.74 bits per heavy atom. The van der Waals surface area contributed by atoms with E-state index in [1.165, 1.54) is 14.0 Å². The summed E-state index contributed by atoms with van der Waals surface area (Å²) in [5, 5.41) is 7.88. The number of aromatic nitrogens is 3.